The summed E-state index contributed by atoms with van der Waals surface area (Å²) in [7, 11) is 0. The minimum Gasteiger partial charge on any atom is -0.465 e. The van der Waals surface area contributed by atoms with Crippen molar-refractivity contribution >= 4 is 38.9 Å². The van der Waals surface area contributed by atoms with E-state index in [-0.39, 0.29) is 0 Å². The van der Waals surface area contributed by atoms with E-state index in [2.05, 4.69) is 32.5 Å². The summed E-state index contributed by atoms with van der Waals surface area (Å²) in [5.41, 5.74) is 8.08. The summed E-state index contributed by atoms with van der Waals surface area (Å²) in [5.74, 6) is 0.370. The summed E-state index contributed by atoms with van der Waals surface area (Å²) in [6, 6.07) is 9.34. The van der Waals surface area contributed by atoms with Crippen LogP contribution in [0.15, 0.2) is 53.9 Å². The lowest BCUT2D eigenvalue weighted by atomic mass is 10.0. The first kappa shape index (κ1) is 20.9. The molecule has 0 radical (unpaired) electrons. The summed E-state index contributed by atoms with van der Waals surface area (Å²) in [6.07, 6.45) is 2.05. The lowest BCUT2D eigenvalue weighted by Crippen LogP contribution is -2.51. The highest BCUT2D eigenvalue weighted by Crippen LogP contribution is 2.40. The molecule has 3 aromatic rings. The number of halogens is 1. The van der Waals surface area contributed by atoms with Crippen molar-refractivity contribution in [3.63, 3.8) is 0 Å². The Morgan fingerprint density at radius 2 is 2.00 bits per heavy atom. The normalized spacial score (nSPS) is 12.7. The van der Waals surface area contributed by atoms with Crippen LogP contribution < -0.4 is 5.73 Å². The molecule has 0 aliphatic heterocycles. The number of hydrogen-bond donors (Lipinski definition) is 2. The molecule has 3 N–H and O–H groups in total. The molecule has 152 valence electrons. The van der Waals surface area contributed by atoms with Gasteiger partial charge in [-0.05, 0) is 42.3 Å². The van der Waals surface area contributed by atoms with Crippen LogP contribution in [-0.2, 0) is 6.54 Å². The van der Waals surface area contributed by atoms with E-state index in [0.717, 1.165) is 21.1 Å². The Hall–Kier alpha value is -2.87. The Morgan fingerprint density at radius 1 is 1.34 bits per heavy atom. The van der Waals surface area contributed by atoms with Crippen molar-refractivity contribution < 1.29 is 9.90 Å². The van der Waals surface area contributed by atoms with Gasteiger partial charge < -0.3 is 15.4 Å². The van der Waals surface area contributed by atoms with E-state index in [9.17, 15) is 9.90 Å². The predicted octanol–water partition coefficient (Wildman–Crippen LogP) is 4.78. The van der Waals surface area contributed by atoms with Gasteiger partial charge in [-0.1, -0.05) is 36.4 Å². The van der Waals surface area contributed by atoms with E-state index in [1.54, 1.807) is 6.08 Å². The monoisotopic (exact) mass is 457 g/mol. The van der Waals surface area contributed by atoms with Gasteiger partial charge in [0.2, 0.25) is 0 Å². The number of aromatic nitrogens is 3. The molecule has 29 heavy (non-hydrogen) atoms. The summed E-state index contributed by atoms with van der Waals surface area (Å²) >= 11 is 3.70. The molecule has 0 aliphatic rings. The van der Waals surface area contributed by atoms with E-state index in [0.29, 0.717) is 18.0 Å². The molecule has 1 aromatic carbocycles. The van der Waals surface area contributed by atoms with Crippen LogP contribution in [0.25, 0.3) is 22.2 Å². The fraction of sp³-hybridized carbons (Fsp3) is 0.286. The van der Waals surface area contributed by atoms with Crippen molar-refractivity contribution in [2.45, 2.75) is 38.9 Å². The minimum absolute atomic E-state index is 0.327. The molecule has 3 rings (SSSR count). The third kappa shape index (κ3) is 3.85. The number of nitrogens with two attached hydrogens (primary N) is 1. The van der Waals surface area contributed by atoms with Crippen LogP contribution in [0.1, 0.15) is 20.8 Å². The van der Waals surface area contributed by atoms with Gasteiger partial charge in [-0.2, -0.15) is 0 Å². The average molecular weight is 458 g/mol. The number of anilines is 1. The highest BCUT2D eigenvalue weighted by molar-refractivity contribution is 9.10. The molecule has 0 bridgehead atoms. The number of rotatable bonds is 5. The molecule has 0 saturated heterocycles. The van der Waals surface area contributed by atoms with Gasteiger partial charge in [0.15, 0.2) is 0 Å². The number of carboxylic acid groups (broad SMARTS) is 1. The van der Waals surface area contributed by atoms with Crippen LogP contribution in [0.5, 0.6) is 0 Å². The largest absolute Gasteiger partial charge is 0.465 e. The molecule has 7 nitrogen and oxygen atoms in total. The fourth-order valence-electron chi connectivity index (χ4n) is 3.57. The van der Waals surface area contributed by atoms with Gasteiger partial charge in [-0.15, -0.1) is 6.58 Å². The molecule has 1 amide bonds. The van der Waals surface area contributed by atoms with Gasteiger partial charge in [0.1, 0.15) is 17.8 Å². The molecule has 8 heteroatoms. The lowest BCUT2D eigenvalue weighted by molar-refractivity contribution is 0.0786. The summed E-state index contributed by atoms with van der Waals surface area (Å²) in [5, 5.41) is 10.5. The van der Waals surface area contributed by atoms with Crippen molar-refractivity contribution in [1.82, 2.24) is 19.4 Å². The molecule has 0 spiro atoms. The zero-order chi connectivity index (χ0) is 21.3. The molecular weight excluding hydrogens is 434 g/mol. The van der Waals surface area contributed by atoms with Crippen LogP contribution in [0, 0.1) is 0 Å². The van der Waals surface area contributed by atoms with E-state index in [1.807, 2.05) is 55.7 Å². The quantitative estimate of drug-likeness (QED) is 0.537. The standard InChI is InChI=1S/C21H24BrN5O2/c1-5-14(27(20(28)29)21(2,3)4)11-26-17(22)15(13-9-7-6-8-10-13)16-18(23)24-12-25-19(16)26/h5-10,12,14H,1,11H2,2-4H3,(H,28,29)(H2,23,24,25). The Kier molecular flexibility index (Phi) is 5.66. The van der Waals surface area contributed by atoms with Crippen molar-refractivity contribution in [2.75, 3.05) is 5.73 Å². The van der Waals surface area contributed by atoms with Gasteiger partial charge in [0.25, 0.3) is 0 Å². The van der Waals surface area contributed by atoms with E-state index in [4.69, 9.17) is 5.73 Å². The minimum atomic E-state index is -1.01. The number of hydrogen-bond acceptors (Lipinski definition) is 4. The van der Waals surface area contributed by atoms with Crippen LogP contribution in [0.2, 0.25) is 0 Å². The molecule has 2 aromatic heterocycles. The number of fused-ring (bicyclic) bond motifs is 1. The van der Waals surface area contributed by atoms with Crippen molar-refractivity contribution in [1.29, 1.82) is 0 Å². The maximum atomic E-state index is 12.0. The van der Waals surface area contributed by atoms with Gasteiger partial charge >= 0.3 is 6.09 Å². The first-order valence-electron chi connectivity index (χ1n) is 9.15. The molecule has 0 saturated carbocycles. The Morgan fingerprint density at radius 3 is 2.55 bits per heavy atom. The first-order valence-corrected chi connectivity index (χ1v) is 9.94. The third-order valence-electron chi connectivity index (χ3n) is 4.77. The second kappa shape index (κ2) is 7.87. The zero-order valence-electron chi connectivity index (χ0n) is 16.6. The number of amides is 1. The maximum Gasteiger partial charge on any atom is 0.408 e. The summed E-state index contributed by atoms with van der Waals surface area (Å²) in [4.78, 5) is 22.0. The molecule has 0 aliphatic carbocycles. The van der Waals surface area contributed by atoms with Crippen LogP contribution in [0.4, 0.5) is 10.6 Å². The first-order chi connectivity index (χ1) is 13.7. The summed E-state index contributed by atoms with van der Waals surface area (Å²) in [6.45, 7) is 9.77. The molecule has 2 heterocycles. The SMILES string of the molecule is C=CC(Cn1c(Br)c(-c2ccccc2)c2c(N)ncnc21)N(C(=O)O)C(C)(C)C. The molecule has 1 unspecified atom stereocenters. The Balaban J connectivity index is 2.20. The van der Waals surface area contributed by atoms with Crippen molar-refractivity contribution in [3.05, 3.63) is 53.9 Å². The van der Waals surface area contributed by atoms with Crippen molar-refractivity contribution in [3.8, 4) is 11.1 Å². The highest BCUT2D eigenvalue weighted by Gasteiger charge is 2.33. The van der Waals surface area contributed by atoms with Crippen LogP contribution >= 0.6 is 15.9 Å². The highest BCUT2D eigenvalue weighted by atomic mass is 79.9. The number of benzene rings is 1. The predicted molar refractivity (Wildman–Crippen MR) is 119 cm³/mol. The maximum absolute atomic E-state index is 12.0. The molecular formula is C21H24BrN5O2. The average Bonchev–Trinajstić information content (AvgIpc) is 2.93. The van der Waals surface area contributed by atoms with Gasteiger partial charge in [-0.25, -0.2) is 14.8 Å². The van der Waals surface area contributed by atoms with Gasteiger partial charge in [0.05, 0.1) is 16.0 Å². The molecule has 0 fully saturated rings. The smallest absolute Gasteiger partial charge is 0.408 e. The van der Waals surface area contributed by atoms with Crippen LogP contribution in [0.3, 0.4) is 0 Å². The Bertz CT molecular complexity index is 1060. The van der Waals surface area contributed by atoms with Crippen LogP contribution in [-0.4, -0.2) is 42.2 Å². The second-order valence-electron chi connectivity index (χ2n) is 7.73. The lowest BCUT2D eigenvalue weighted by Gasteiger charge is -2.38. The summed E-state index contributed by atoms with van der Waals surface area (Å²) < 4.78 is 2.68. The topological polar surface area (TPSA) is 97.3 Å². The van der Waals surface area contributed by atoms with Crippen molar-refractivity contribution in [2.24, 2.45) is 0 Å². The van der Waals surface area contributed by atoms with Gasteiger partial charge in [0, 0.05) is 17.6 Å². The number of nitrogens with zero attached hydrogens (tertiary/aromatic N) is 4. The number of nitrogen functional groups attached to an aromatic ring is 1. The number of carbonyl (C=O) groups is 1. The van der Waals surface area contributed by atoms with E-state index in [1.165, 1.54) is 11.2 Å². The molecule has 1 atom stereocenters. The van der Waals surface area contributed by atoms with E-state index < -0.39 is 17.7 Å². The second-order valence-corrected chi connectivity index (χ2v) is 8.48. The fourth-order valence-corrected chi connectivity index (χ4v) is 4.31. The van der Waals surface area contributed by atoms with Gasteiger partial charge in [-0.3, -0.25) is 4.90 Å². The Labute approximate surface area is 178 Å². The van der Waals surface area contributed by atoms with E-state index >= 15 is 0 Å². The zero-order valence-corrected chi connectivity index (χ0v) is 18.2. The third-order valence-corrected chi connectivity index (χ3v) is 5.59.